The normalized spacial score (nSPS) is 10.2. The third-order valence-corrected chi connectivity index (χ3v) is 3.23. The third-order valence-electron chi connectivity index (χ3n) is 2.48. The van der Waals surface area contributed by atoms with Crippen LogP contribution in [-0.2, 0) is 0 Å². The molecule has 0 saturated heterocycles. The van der Waals surface area contributed by atoms with Crippen LogP contribution in [0.1, 0.15) is 10.4 Å². The van der Waals surface area contributed by atoms with Gasteiger partial charge in [-0.25, -0.2) is 9.97 Å². The molecule has 6 nitrogen and oxygen atoms in total. The number of amides is 1. The maximum atomic E-state index is 12.2. The van der Waals surface area contributed by atoms with Crippen LogP contribution < -0.4 is 15.8 Å². The molecule has 0 aliphatic heterocycles. The van der Waals surface area contributed by atoms with E-state index in [9.17, 15) is 4.79 Å². The van der Waals surface area contributed by atoms with Crippen molar-refractivity contribution in [2.75, 3.05) is 18.2 Å². The van der Waals surface area contributed by atoms with Crippen LogP contribution in [0.3, 0.4) is 0 Å². The Hall–Kier alpha value is -2.05. The lowest BCUT2D eigenvalue weighted by molar-refractivity contribution is 0.102. The number of hydrogen-bond donors (Lipinski definition) is 2. The van der Waals surface area contributed by atoms with Gasteiger partial charge in [0.1, 0.15) is 22.7 Å². The summed E-state index contributed by atoms with van der Waals surface area (Å²) in [5.74, 6) is -0.0580. The summed E-state index contributed by atoms with van der Waals surface area (Å²) in [6, 6.07) is 4.89. The van der Waals surface area contributed by atoms with Crippen LogP contribution in [0.15, 0.2) is 24.5 Å². The topological polar surface area (TPSA) is 90.1 Å². The van der Waals surface area contributed by atoms with Gasteiger partial charge in [0.25, 0.3) is 5.91 Å². The molecule has 0 fully saturated rings. The number of nitrogens with two attached hydrogens (primary N) is 1. The highest BCUT2D eigenvalue weighted by atomic mass is 35.5. The SMILES string of the molecule is COc1cccc(N)c1C(=O)Nc1ncnc(Cl)c1Cl. The molecule has 104 valence electrons. The van der Waals surface area contributed by atoms with Crippen LogP contribution in [0.5, 0.6) is 5.75 Å². The molecule has 0 bridgehead atoms. The number of hydrogen-bond acceptors (Lipinski definition) is 5. The highest BCUT2D eigenvalue weighted by Crippen LogP contribution is 2.28. The maximum Gasteiger partial charge on any atom is 0.262 e. The lowest BCUT2D eigenvalue weighted by Crippen LogP contribution is -2.16. The second-order valence-corrected chi connectivity index (χ2v) is 4.44. The lowest BCUT2D eigenvalue weighted by atomic mass is 10.1. The van der Waals surface area contributed by atoms with E-state index >= 15 is 0 Å². The van der Waals surface area contributed by atoms with E-state index in [0.29, 0.717) is 5.75 Å². The van der Waals surface area contributed by atoms with Crippen LogP contribution in [-0.4, -0.2) is 23.0 Å². The van der Waals surface area contributed by atoms with Gasteiger partial charge in [-0.3, -0.25) is 4.79 Å². The van der Waals surface area contributed by atoms with Crippen LogP contribution in [0.25, 0.3) is 0 Å². The van der Waals surface area contributed by atoms with Crippen LogP contribution >= 0.6 is 23.2 Å². The molecule has 3 N–H and O–H groups in total. The average molecular weight is 313 g/mol. The average Bonchev–Trinajstić information content (AvgIpc) is 2.43. The molecular weight excluding hydrogens is 303 g/mol. The summed E-state index contributed by atoms with van der Waals surface area (Å²) in [6.45, 7) is 0. The summed E-state index contributed by atoms with van der Waals surface area (Å²) in [5, 5.41) is 2.61. The minimum absolute atomic E-state index is 0.0463. The summed E-state index contributed by atoms with van der Waals surface area (Å²) in [4.78, 5) is 19.8. The monoisotopic (exact) mass is 312 g/mol. The number of halogens is 2. The predicted molar refractivity (Wildman–Crippen MR) is 77.4 cm³/mol. The number of rotatable bonds is 3. The Kier molecular flexibility index (Phi) is 4.26. The van der Waals surface area contributed by atoms with Gasteiger partial charge in [0.05, 0.1) is 7.11 Å². The predicted octanol–water partition coefficient (Wildman–Crippen LogP) is 2.63. The fourth-order valence-corrected chi connectivity index (χ4v) is 1.84. The van der Waals surface area contributed by atoms with Crippen molar-refractivity contribution in [1.82, 2.24) is 9.97 Å². The Morgan fingerprint density at radius 2 is 2.10 bits per heavy atom. The number of ether oxygens (including phenoxy) is 1. The Morgan fingerprint density at radius 3 is 2.80 bits per heavy atom. The molecule has 0 spiro atoms. The molecule has 1 aromatic heterocycles. The lowest BCUT2D eigenvalue weighted by Gasteiger charge is -2.11. The number of anilines is 2. The number of carbonyl (C=O) groups is 1. The van der Waals surface area contributed by atoms with E-state index in [1.807, 2.05) is 0 Å². The van der Waals surface area contributed by atoms with Crippen molar-refractivity contribution in [3.63, 3.8) is 0 Å². The molecule has 0 aliphatic carbocycles. The number of nitrogen functional groups attached to an aromatic ring is 1. The standard InChI is InChI=1S/C12H10Cl2N4O2/c1-20-7-4-2-3-6(15)8(7)12(19)18-11-9(13)10(14)16-5-17-11/h2-5H,15H2,1H3,(H,16,17,18,19). The Labute approximate surface area is 124 Å². The zero-order valence-corrected chi connectivity index (χ0v) is 11.9. The summed E-state index contributed by atoms with van der Waals surface area (Å²) >= 11 is 11.7. The number of nitrogens with one attached hydrogen (secondary N) is 1. The van der Waals surface area contributed by atoms with Crippen molar-refractivity contribution < 1.29 is 9.53 Å². The van der Waals surface area contributed by atoms with Gasteiger partial charge in [-0.15, -0.1) is 0 Å². The van der Waals surface area contributed by atoms with Crippen molar-refractivity contribution in [2.45, 2.75) is 0 Å². The first-order valence-corrected chi connectivity index (χ1v) is 6.20. The van der Waals surface area contributed by atoms with Crippen molar-refractivity contribution in [2.24, 2.45) is 0 Å². The molecule has 8 heteroatoms. The largest absolute Gasteiger partial charge is 0.496 e. The molecule has 2 aromatic rings. The quantitative estimate of drug-likeness (QED) is 0.671. The fraction of sp³-hybridized carbons (Fsp3) is 0.0833. The molecule has 1 amide bonds. The highest BCUT2D eigenvalue weighted by Gasteiger charge is 2.18. The van der Waals surface area contributed by atoms with Gasteiger partial charge in [0, 0.05) is 5.69 Å². The number of aromatic nitrogens is 2. The molecule has 0 aliphatic rings. The fourth-order valence-electron chi connectivity index (χ4n) is 1.57. The van der Waals surface area contributed by atoms with Gasteiger partial charge in [0.15, 0.2) is 11.0 Å². The Balaban J connectivity index is 2.36. The first-order valence-electron chi connectivity index (χ1n) is 5.44. The van der Waals surface area contributed by atoms with E-state index in [2.05, 4.69) is 15.3 Å². The summed E-state index contributed by atoms with van der Waals surface area (Å²) in [7, 11) is 1.44. The van der Waals surface area contributed by atoms with Crippen LogP contribution in [0.4, 0.5) is 11.5 Å². The maximum absolute atomic E-state index is 12.2. The second kappa shape index (κ2) is 5.94. The van der Waals surface area contributed by atoms with Gasteiger partial charge in [-0.2, -0.15) is 0 Å². The zero-order chi connectivity index (χ0) is 14.7. The van der Waals surface area contributed by atoms with Crippen molar-refractivity contribution in [1.29, 1.82) is 0 Å². The van der Waals surface area contributed by atoms with Crippen LogP contribution in [0.2, 0.25) is 10.2 Å². The van der Waals surface area contributed by atoms with E-state index in [-0.39, 0.29) is 27.2 Å². The van der Waals surface area contributed by atoms with Gasteiger partial charge >= 0.3 is 0 Å². The van der Waals surface area contributed by atoms with E-state index < -0.39 is 5.91 Å². The van der Waals surface area contributed by atoms with Gasteiger partial charge < -0.3 is 15.8 Å². The summed E-state index contributed by atoms with van der Waals surface area (Å²) < 4.78 is 5.11. The Bertz CT molecular complexity index is 664. The van der Waals surface area contributed by atoms with E-state index in [0.717, 1.165) is 0 Å². The number of methoxy groups -OCH3 is 1. The van der Waals surface area contributed by atoms with Crippen molar-refractivity contribution in [3.8, 4) is 5.75 Å². The Morgan fingerprint density at radius 1 is 1.35 bits per heavy atom. The van der Waals surface area contributed by atoms with E-state index in [1.54, 1.807) is 18.2 Å². The highest BCUT2D eigenvalue weighted by molar-refractivity contribution is 6.43. The molecule has 0 radical (unpaired) electrons. The smallest absolute Gasteiger partial charge is 0.262 e. The number of carbonyl (C=O) groups excluding carboxylic acids is 1. The minimum Gasteiger partial charge on any atom is -0.496 e. The second-order valence-electron chi connectivity index (χ2n) is 3.71. The number of nitrogens with zero attached hydrogens (tertiary/aromatic N) is 2. The molecule has 0 atom stereocenters. The van der Waals surface area contributed by atoms with Crippen molar-refractivity contribution in [3.05, 3.63) is 40.3 Å². The molecule has 0 unspecified atom stereocenters. The van der Waals surface area contributed by atoms with E-state index in [4.69, 9.17) is 33.7 Å². The number of benzene rings is 1. The molecule has 1 heterocycles. The first-order chi connectivity index (χ1) is 9.54. The van der Waals surface area contributed by atoms with Gasteiger partial charge in [-0.05, 0) is 12.1 Å². The molecule has 0 saturated carbocycles. The molecule has 2 rings (SSSR count). The summed E-state index contributed by atoms with van der Waals surface area (Å²) in [5.41, 5.74) is 6.26. The first kappa shape index (κ1) is 14.4. The molecular formula is C12H10Cl2N4O2. The van der Waals surface area contributed by atoms with Crippen molar-refractivity contribution >= 4 is 40.6 Å². The molecule has 20 heavy (non-hydrogen) atoms. The van der Waals surface area contributed by atoms with Gasteiger partial charge in [0.2, 0.25) is 0 Å². The summed E-state index contributed by atoms with van der Waals surface area (Å²) in [6.07, 6.45) is 1.19. The van der Waals surface area contributed by atoms with Gasteiger partial charge in [-0.1, -0.05) is 29.3 Å². The zero-order valence-electron chi connectivity index (χ0n) is 10.4. The molecule has 1 aromatic carbocycles. The van der Waals surface area contributed by atoms with E-state index in [1.165, 1.54) is 13.4 Å². The third kappa shape index (κ3) is 2.76. The minimum atomic E-state index is -0.503. The van der Waals surface area contributed by atoms with Crippen LogP contribution in [0, 0.1) is 0 Å².